The van der Waals surface area contributed by atoms with E-state index in [-0.39, 0.29) is 4.90 Å². The molecule has 32 heavy (non-hydrogen) atoms. The fourth-order valence-corrected chi connectivity index (χ4v) is 6.19. The predicted molar refractivity (Wildman–Crippen MR) is 120 cm³/mol. The smallest absolute Gasteiger partial charge is 0.317 e. The van der Waals surface area contributed by atoms with Crippen molar-refractivity contribution in [3.05, 3.63) is 59.2 Å². The number of rotatable bonds is 6. The summed E-state index contributed by atoms with van der Waals surface area (Å²) in [6.45, 7) is 3.86. The van der Waals surface area contributed by atoms with Gasteiger partial charge in [-0.25, -0.2) is 4.21 Å². The van der Waals surface area contributed by atoms with Gasteiger partial charge in [0.2, 0.25) is 0 Å². The number of nitrogens with one attached hydrogen (secondary N) is 2. The minimum absolute atomic E-state index is 0.182. The van der Waals surface area contributed by atoms with E-state index in [2.05, 4.69) is 22.8 Å². The van der Waals surface area contributed by atoms with Crippen molar-refractivity contribution >= 4 is 16.7 Å². The number of halogens is 3. The van der Waals surface area contributed by atoms with Gasteiger partial charge in [0.15, 0.2) is 11.0 Å². The molecule has 3 aliphatic rings. The van der Waals surface area contributed by atoms with Gasteiger partial charge in [0.05, 0.1) is 16.1 Å². The highest BCUT2D eigenvalue weighted by molar-refractivity contribution is 7.86. The largest absolute Gasteiger partial charge is 0.416 e. The van der Waals surface area contributed by atoms with Crippen LogP contribution in [0.4, 0.5) is 18.9 Å². The number of benzene rings is 2. The first-order valence-corrected chi connectivity index (χ1v) is 12.4. The van der Waals surface area contributed by atoms with Crippen LogP contribution in [0.25, 0.3) is 0 Å². The molecule has 3 atom stereocenters. The molecule has 0 aromatic heterocycles. The van der Waals surface area contributed by atoms with Crippen LogP contribution in [0.1, 0.15) is 41.9 Å². The third-order valence-electron chi connectivity index (χ3n) is 6.87. The lowest BCUT2D eigenvalue weighted by Gasteiger charge is -2.23. The summed E-state index contributed by atoms with van der Waals surface area (Å²) in [4.78, 5) is 0.182. The fourth-order valence-electron chi connectivity index (χ4n) is 4.90. The maximum atomic E-state index is 13.1. The van der Waals surface area contributed by atoms with Gasteiger partial charge in [0.25, 0.3) is 0 Å². The number of anilines is 1. The summed E-state index contributed by atoms with van der Waals surface area (Å²) < 4.78 is 53.9. The van der Waals surface area contributed by atoms with Gasteiger partial charge < -0.3 is 10.6 Å². The van der Waals surface area contributed by atoms with E-state index in [1.54, 1.807) is 4.31 Å². The maximum absolute atomic E-state index is 13.1. The van der Waals surface area contributed by atoms with Crippen LogP contribution in [0, 0.1) is 5.92 Å². The van der Waals surface area contributed by atoms with Gasteiger partial charge in [-0.2, -0.15) is 13.2 Å². The van der Waals surface area contributed by atoms with Crippen LogP contribution in [0.2, 0.25) is 0 Å². The van der Waals surface area contributed by atoms with Crippen LogP contribution in [0.3, 0.4) is 0 Å². The van der Waals surface area contributed by atoms with Gasteiger partial charge in [0, 0.05) is 18.5 Å². The summed E-state index contributed by atoms with van der Waals surface area (Å²) in [6, 6.07) is 11.6. The quantitative estimate of drug-likeness (QED) is 0.674. The summed E-state index contributed by atoms with van der Waals surface area (Å²) in [6.07, 6.45) is -0.0672. The molecule has 0 radical (unpaired) electrons. The van der Waals surface area contributed by atoms with Crippen molar-refractivity contribution in [2.45, 2.75) is 48.7 Å². The summed E-state index contributed by atoms with van der Waals surface area (Å²) in [5.41, 5.74) is 2.53. The van der Waals surface area contributed by atoms with Crippen molar-refractivity contribution in [1.82, 2.24) is 10.6 Å². The number of piperidine rings is 1. The van der Waals surface area contributed by atoms with Gasteiger partial charge in [-0.3, -0.25) is 4.31 Å². The van der Waals surface area contributed by atoms with Crippen molar-refractivity contribution in [2.75, 3.05) is 30.5 Å². The lowest BCUT2D eigenvalue weighted by atomic mass is 9.98. The van der Waals surface area contributed by atoms with E-state index in [0.29, 0.717) is 18.5 Å². The van der Waals surface area contributed by atoms with E-state index in [1.165, 1.54) is 30.5 Å². The number of hydrogen-bond acceptors (Lipinski definition) is 3. The Morgan fingerprint density at radius 2 is 1.94 bits per heavy atom. The normalized spacial score (nSPS) is 24.4. The Hall–Kier alpha value is -1.90. The molecule has 2 N–H and O–H groups in total. The average Bonchev–Trinajstić information content (AvgIpc) is 3.46. The minimum atomic E-state index is -4.44. The van der Waals surface area contributed by atoms with Crippen LogP contribution >= 0.6 is 0 Å². The minimum Gasteiger partial charge on any atom is -0.317 e. The Balaban J connectivity index is 1.24. The molecule has 2 heterocycles. The molecule has 4 nitrogen and oxygen atoms in total. The van der Waals surface area contributed by atoms with Crippen molar-refractivity contribution in [3.63, 3.8) is 0 Å². The number of alkyl halides is 3. The molecule has 1 saturated heterocycles. The lowest BCUT2D eigenvalue weighted by molar-refractivity contribution is -0.137. The standard InChI is InChI=1S/C24H28F3N3OS/c25-24(26,27)19-2-1-3-20(13-19)32(31)30-11-8-18-12-17(4-5-23(18)30)21-14-22(21)29-15-16-6-9-28-10-7-16/h1-5,12-13,16,21-22,28-29H,6-11,14-15H2. The predicted octanol–water partition coefficient (Wildman–Crippen LogP) is 4.24. The van der Waals surface area contributed by atoms with Crippen LogP contribution in [-0.2, 0) is 23.6 Å². The summed E-state index contributed by atoms with van der Waals surface area (Å²) in [5, 5.41) is 7.13. The molecule has 0 bridgehead atoms. The second-order valence-electron chi connectivity index (χ2n) is 9.07. The zero-order valence-electron chi connectivity index (χ0n) is 17.8. The molecule has 2 aromatic carbocycles. The van der Waals surface area contributed by atoms with E-state index in [0.717, 1.165) is 61.8 Å². The monoisotopic (exact) mass is 463 g/mol. The maximum Gasteiger partial charge on any atom is 0.416 e. The molecule has 2 fully saturated rings. The molecule has 0 amide bonds. The summed E-state index contributed by atoms with van der Waals surface area (Å²) in [5.74, 6) is 1.28. The third-order valence-corrected chi connectivity index (χ3v) is 8.30. The molecule has 2 aliphatic heterocycles. The second kappa shape index (κ2) is 8.80. The van der Waals surface area contributed by atoms with E-state index in [4.69, 9.17) is 0 Å². The first kappa shape index (κ1) is 21.9. The molecule has 8 heteroatoms. The van der Waals surface area contributed by atoms with Crippen molar-refractivity contribution < 1.29 is 17.4 Å². The third kappa shape index (κ3) is 4.58. The van der Waals surface area contributed by atoms with E-state index < -0.39 is 22.7 Å². The van der Waals surface area contributed by atoms with Crippen LogP contribution in [-0.4, -0.2) is 36.4 Å². The molecule has 2 aromatic rings. The SMILES string of the molecule is O=S(c1cccc(C(F)(F)F)c1)N1CCc2cc(C3CC3NCC3CCNCC3)ccc21. The second-order valence-corrected chi connectivity index (χ2v) is 10.5. The fraction of sp³-hybridized carbons (Fsp3) is 0.500. The van der Waals surface area contributed by atoms with Gasteiger partial charge in [-0.05, 0) is 86.6 Å². The highest BCUT2D eigenvalue weighted by atomic mass is 32.2. The molecule has 1 aliphatic carbocycles. The Labute approximate surface area is 189 Å². The first-order valence-electron chi connectivity index (χ1n) is 11.3. The number of hydrogen-bond donors (Lipinski definition) is 2. The Morgan fingerprint density at radius 1 is 1.12 bits per heavy atom. The van der Waals surface area contributed by atoms with E-state index >= 15 is 0 Å². The van der Waals surface area contributed by atoms with Crippen LogP contribution < -0.4 is 14.9 Å². The van der Waals surface area contributed by atoms with Crippen molar-refractivity contribution in [1.29, 1.82) is 0 Å². The topological polar surface area (TPSA) is 44.4 Å². The van der Waals surface area contributed by atoms with Gasteiger partial charge in [0.1, 0.15) is 0 Å². The Kier molecular flexibility index (Phi) is 6.03. The molecule has 3 unspecified atom stereocenters. The highest BCUT2D eigenvalue weighted by Crippen LogP contribution is 2.43. The van der Waals surface area contributed by atoms with Crippen LogP contribution in [0.15, 0.2) is 47.4 Å². The highest BCUT2D eigenvalue weighted by Gasteiger charge is 2.39. The zero-order valence-corrected chi connectivity index (χ0v) is 18.6. The summed E-state index contributed by atoms with van der Waals surface area (Å²) >= 11 is 0. The van der Waals surface area contributed by atoms with Gasteiger partial charge >= 0.3 is 6.18 Å². The van der Waals surface area contributed by atoms with E-state index in [9.17, 15) is 17.4 Å². The summed E-state index contributed by atoms with van der Waals surface area (Å²) in [7, 11) is -1.66. The number of nitrogens with zero attached hydrogens (tertiary/aromatic N) is 1. The van der Waals surface area contributed by atoms with E-state index in [1.807, 2.05) is 6.07 Å². The Bertz CT molecular complexity index is 1010. The zero-order chi connectivity index (χ0) is 22.3. The van der Waals surface area contributed by atoms with Crippen LogP contribution in [0.5, 0.6) is 0 Å². The molecular formula is C24H28F3N3OS. The van der Waals surface area contributed by atoms with Gasteiger partial charge in [-0.15, -0.1) is 0 Å². The molecule has 0 spiro atoms. The Morgan fingerprint density at radius 3 is 2.72 bits per heavy atom. The first-order chi connectivity index (χ1) is 15.4. The number of fused-ring (bicyclic) bond motifs is 1. The average molecular weight is 464 g/mol. The molecular weight excluding hydrogens is 435 g/mol. The van der Waals surface area contributed by atoms with Gasteiger partial charge in [-0.1, -0.05) is 18.2 Å². The molecule has 1 saturated carbocycles. The molecule has 5 rings (SSSR count). The van der Waals surface area contributed by atoms with Crippen molar-refractivity contribution in [2.24, 2.45) is 5.92 Å². The van der Waals surface area contributed by atoms with Crippen molar-refractivity contribution in [3.8, 4) is 0 Å². The molecule has 172 valence electrons. The lowest BCUT2D eigenvalue weighted by Crippen LogP contribution is -2.34.